The van der Waals surface area contributed by atoms with E-state index in [1.165, 1.54) is 5.56 Å². The Kier molecular flexibility index (Phi) is 8.54. The second-order valence-electron chi connectivity index (χ2n) is 10.4. The summed E-state index contributed by atoms with van der Waals surface area (Å²) in [6.45, 7) is 3.81. The largest absolute Gasteiger partial charge is 0.497 e. The van der Waals surface area contributed by atoms with Gasteiger partial charge in [0.25, 0.3) is 0 Å². The zero-order valence-corrected chi connectivity index (χ0v) is 22.2. The number of likely N-dealkylation sites (tertiary alicyclic amines) is 1. The molecular formula is C31H37N3O4. The summed E-state index contributed by atoms with van der Waals surface area (Å²) in [6.07, 6.45) is 8.62. The summed E-state index contributed by atoms with van der Waals surface area (Å²) in [4.78, 5) is 32.2. The lowest BCUT2D eigenvalue weighted by Gasteiger charge is -2.32. The maximum absolute atomic E-state index is 13.2. The monoisotopic (exact) mass is 515 g/mol. The number of piperidine rings is 1. The number of carbonyl (C=O) groups is 2. The Hall–Kier alpha value is -3.45. The van der Waals surface area contributed by atoms with Crippen molar-refractivity contribution in [3.8, 4) is 5.75 Å². The average molecular weight is 516 g/mol. The minimum absolute atomic E-state index is 0.0617. The molecule has 3 aromatic rings. The van der Waals surface area contributed by atoms with Crippen LogP contribution in [0.3, 0.4) is 0 Å². The summed E-state index contributed by atoms with van der Waals surface area (Å²) in [5.74, 6) is 2.41. The molecular weight excluding hydrogens is 478 g/mol. The lowest BCUT2D eigenvalue weighted by atomic mass is 9.93. The van der Waals surface area contributed by atoms with Crippen molar-refractivity contribution >= 4 is 11.7 Å². The third-order valence-corrected chi connectivity index (χ3v) is 7.86. The zero-order chi connectivity index (χ0) is 26.3. The number of amides is 1. The van der Waals surface area contributed by atoms with E-state index in [0.29, 0.717) is 25.4 Å². The summed E-state index contributed by atoms with van der Waals surface area (Å²) in [6, 6.07) is 15.8. The number of methoxy groups -OCH3 is 1. The van der Waals surface area contributed by atoms with E-state index in [2.05, 4.69) is 27.9 Å². The van der Waals surface area contributed by atoms with Gasteiger partial charge >= 0.3 is 0 Å². The normalized spacial score (nSPS) is 17.6. The summed E-state index contributed by atoms with van der Waals surface area (Å²) in [5, 5.41) is 0. The Morgan fingerprint density at radius 2 is 1.89 bits per heavy atom. The fraction of sp³-hybridized carbons (Fsp3) is 0.452. The van der Waals surface area contributed by atoms with Crippen LogP contribution < -0.4 is 4.74 Å². The van der Waals surface area contributed by atoms with Crippen LogP contribution >= 0.6 is 0 Å². The minimum atomic E-state index is -0.0617. The number of rotatable bonds is 11. The van der Waals surface area contributed by atoms with Crippen molar-refractivity contribution in [2.45, 2.75) is 63.5 Å². The van der Waals surface area contributed by atoms with Gasteiger partial charge < -0.3 is 18.9 Å². The van der Waals surface area contributed by atoms with Gasteiger partial charge in [-0.15, -0.1) is 0 Å². The molecule has 1 atom stereocenters. The number of aryl methyl sites for hydroxylation is 1. The number of fused-ring (bicyclic) bond motifs is 1. The van der Waals surface area contributed by atoms with E-state index in [-0.39, 0.29) is 17.6 Å². The molecule has 38 heavy (non-hydrogen) atoms. The number of benzene rings is 2. The molecule has 7 heteroatoms. The number of imidazole rings is 1. The first-order chi connectivity index (χ1) is 18.6. The quantitative estimate of drug-likeness (QED) is 0.322. The van der Waals surface area contributed by atoms with Gasteiger partial charge in [0.2, 0.25) is 5.91 Å². The Labute approximate surface area is 224 Å². The van der Waals surface area contributed by atoms with Crippen LogP contribution in [0.4, 0.5) is 0 Å². The van der Waals surface area contributed by atoms with Crippen LogP contribution in [0.2, 0.25) is 0 Å². The van der Waals surface area contributed by atoms with Crippen molar-refractivity contribution in [2.75, 3.05) is 26.8 Å². The highest BCUT2D eigenvalue weighted by molar-refractivity contribution is 6.02. The van der Waals surface area contributed by atoms with E-state index in [1.807, 2.05) is 47.5 Å². The molecule has 0 radical (unpaired) electrons. The number of unbranched alkanes of at least 4 members (excludes halogenated alkanes) is 1. The van der Waals surface area contributed by atoms with Crippen LogP contribution in [0.25, 0.3) is 0 Å². The van der Waals surface area contributed by atoms with Crippen molar-refractivity contribution in [3.05, 3.63) is 83.4 Å². The molecule has 1 fully saturated rings. The van der Waals surface area contributed by atoms with Gasteiger partial charge in [0.1, 0.15) is 11.6 Å². The third kappa shape index (κ3) is 6.16. The molecule has 7 nitrogen and oxygen atoms in total. The number of ketones is 1. The maximum atomic E-state index is 13.2. The van der Waals surface area contributed by atoms with Crippen LogP contribution in [0, 0.1) is 0 Å². The average Bonchev–Trinajstić information content (AvgIpc) is 3.55. The summed E-state index contributed by atoms with van der Waals surface area (Å²) >= 11 is 0. The van der Waals surface area contributed by atoms with Gasteiger partial charge in [-0.25, -0.2) is 4.98 Å². The highest BCUT2D eigenvalue weighted by Crippen LogP contribution is 2.38. The summed E-state index contributed by atoms with van der Waals surface area (Å²) in [7, 11) is 1.62. The molecule has 0 bridgehead atoms. The van der Waals surface area contributed by atoms with Gasteiger partial charge in [0.05, 0.1) is 13.7 Å². The molecule has 1 saturated heterocycles. The number of nitrogens with zero attached hydrogens (tertiary/aromatic N) is 3. The van der Waals surface area contributed by atoms with Gasteiger partial charge in [-0.3, -0.25) is 9.59 Å². The lowest BCUT2D eigenvalue weighted by Crippen LogP contribution is -2.38. The topological polar surface area (TPSA) is 73.7 Å². The van der Waals surface area contributed by atoms with Crippen molar-refractivity contribution in [1.29, 1.82) is 0 Å². The second kappa shape index (κ2) is 12.4. The predicted octanol–water partition coefficient (Wildman–Crippen LogP) is 5.36. The first-order valence-electron chi connectivity index (χ1n) is 13.7. The van der Waals surface area contributed by atoms with Crippen LogP contribution in [0.5, 0.6) is 5.75 Å². The number of ether oxygens (including phenoxy) is 2. The SMILES string of the molecule is COc1ccc2c(c1)C(CC(=O)N1CCC(c3nccn3CCCCOCc3ccccc3)CC1)CC2=O. The van der Waals surface area contributed by atoms with Crippen LogP contribution in [-0.4, -0.2) is 52.9 Å². The highest BCUT2D eigenvalue weighted by atomic mass is 16.5. The molecule has 200 valence electrons. The number of hydrogen-bond donors (Lipinski definition) is 0. The zero-order valence-electron chi connectivity index (χ0n) is 22.2. The van der Waals surface area contributed by atoms with Crippen molar-refractivity contribution in [3.63, 3.8) is 0 Å². The first-order valence-corrected chi connectivity index (χ1v) is 13.7. The number of hydrogen-bond acceptors (Lipinski definition) is 5. The molecule has 0 spiro atoms. The van der Waals surface area contributed by atoms with Gasteiger partial charge in [0, 0.05) is 68.9 Å². The van der Waals surface area contributed by atoms with Gasteiger partial charge in [-0.1, -0.05) is 30.3 Å². The molecule has 1 aromatic heterocycles. The number of Topliss-reactive ketones (excluding diaryl/α,β-unsaturated/α-hetero) is 1. The molecule has 2 heterocycles. The van der Waals surface area contributed by atoms with E-state index in [9.17, 15) is 9.59 Å². The summed E-state index contributed by atoms with van der Waals surface area (Å²) < 4.78 is 13.4. The van der Waals surface area contributed by atoms with Gasteiger partial charge in [0.15, 0.2) is 5.78 Å². The molecule has 2 aromatic carbocycles. The molecule has 2 aliphatic rings. The minimum Gasteiger partial charge on any atom is -0.497 e. The lowest BCUT2D eigenvalue weighted by molar-refractivity contribution is -0.132. The Morgan fingerprint density at radius 3 is 2.68 bits per heavy atom. The maximum Gasteiger partial charge on any atom is 0.223 e. The van der Waals surface area contributed by atoms with Gasteiger partial charge in [-0.05, 0) is 55.0 Å². The van der Waals surface area contributed by atoms with Crippen LogP contribution in [0.15, 0.2) is 60.9 Å². The van der Waals surface area contributed by atoms with E-state index in [4.69, 9.17) is 9.47 Å². The number of carbonyl (C=O) groups excluding carboxylic acids is 2. The standard InChI is InChI=1S/C31H37N3O4/c1-37-26-9-10-27-28(21-26)25(19-29(27)35)20-30(36)33-15-11-24(12-16-33)31-32-13-17-34(31)14-5-6-18-38-22-23-7-3-2-4-8-23/h2-4,7-10,13,17,21,24-25H,5-6,11-12,14-16,18-20,22H2,1H3. The highest BCUT2D eigenvalue weighted by Gasteiger charge is 2.33. The smallest absolute Gasteiger partial charge is 0.223 e. The van der Waals surface area contributed by atoms with E-state index >= 15 is 0 Å². The molecule has 1 amide bonds. The van der Waals surface area contributed by atoms with Gasteiger partial charge in [-0.2, -0.15) is 0 Å². The third-order valence-electron chi connectivity index (χ3n) is 7.86. The molecule has 1 aliphatic carbocycles. The van der Waals surface area contributed by atoms with Crippen LogP contribution in [-0.2, 0) is 22.7 Å². The molecule has 1 unspecified atom stereocenters. The fourth-order valence-corrected chi connectivity index (χ4v) is 5.73. The molecule has 0 saturated carbocycles. The van der Waals surface area contributed by atoms with E-state index in [1.54, 1.807) is 7.11 Å². The second-order valence-corrected chi connectivity index (χ2v) is 10.4. The van der Waals surface area contributed by atoms with E-state index in [0.717, 1.165) is 74.6 Å². The first kappa shape index (κ1) is 26.2. The molecule has 1 aliphatic heterocycles. The Morgan fingerprint density at radius 1 is 1.08 bits per heavy atom. The van der Waals surface area contributed by atoms with Crippen LogP contribution in [0.1, 0.15) is 77.7 Å². The number of aromatic nitrogens is 2. The molecule has 0 N–H and O–H groups in total. The summed E-state index contributed by atoms with van der Waals surface area (Å²) in [5.41, 5.74) is 2.89. The Bertz CT molecular complexity index is 1230. The van der Waals surface area contributed by atoms with Crippen molar-refractivity contribution < 1.29 is 19.1 Å². The van der Waals surface area contributed by atoms with E-state index < -0.39 is 0 Å². The Balaban J connectivity index is 1.06. The molecule has 5 rings (SSSR count). The fourth-order valence-electron chi connectivity index (χ4n) is 5.73. The van der Waals surface area contributed by atoms with Crippen molar-refractivity contribution in [2.24, 2.45) is 0 Å². The van der Waals surface area contributed by atoms with Crippen molar-refractivity contribution in [1.82, 2.24) is 14.5 Å². The predicted molar refractivity (Wildman–Crippen MR) is 145 cm³/mol.